The predicted octanol–water partition coefficient (Wildman–Crippen LogP) is 1.27. The van der Waals surface area contributed by atoms with Crippen LogP contribution in [0.3, 0.4) is 0 Å². The van der Waals surface area contributed by atoms with Gasteiger partial charge in [0, 0.05) is 13.0 Å². The van der Waals surface area contributed by atoms with Gasteiger partial charge in [-0.3, -0.25) is 10.0 Å². The van der Waals surface area contributed by atoms with E-state index in [1.54, 1.807) is 6.92 Å². The van der Waals surface area contributed by atoms with Crippen LogP contribution >= 0.6 is 7.14 Å². The summed E-state index contributed by atoms with van der Waals surface area (Å²) in [6, 6.07) is -0.391. The van der Waals surface area contributed by atoms with Crippen molar-refractivity contribution in [1.82, 2.24) is 10.4 Å². The number of carbonyl (C=O) groups is 1. The van der Waals surface area contributed by atoms with Crippen molar-refractivity contribution in [2.45, 2.75) is 45.5 Å². The Labute approximate surface area is 109 Å². The Morgan fingerprint density at radius 1 is 1.44 bits per heavy atom. The largest absolute Gasteiger partial charge is 0.386 e. The standard InChI is InChI=1S/C11H25N2O4P/c1-5-6-11(15)13(16)9(2)7-12-8-18(4,17)10(3)14/h9-10,12,14,16H,5-8H2,1-4H3. The van der Waals surface area contributed by atoms with Gasteiger partial charge in [-0.25, -0.2) is 5.06 Å². The molecule has 0 fully saturated rings. The molecule has 0 spiro atoms. The second-order valence-electron chi connectivity index (χ2n) is 4.76. The highest BCUT2D eigenvalue weighted by atomic mass is 31.2. The first-order valence-corrected chi connectivity index (χ1v) is 8.59. The van der Waals surface area contributed by atoms with Gasteiger partial charge in [-0.2, -0.15) is 0 Å². The van der Waals surface area contributed by atoms with Crippen molar-refractivity contribution in [3.63, 3.8) is 0 Å². The molecule has 3 N–H and O–H groups in total. The topological polar surface area (TPSA) is 89.9 Å². The minimum atomic E-state index is -2.63. The third kappa shape index (κ3) is 5.96. The van der Waals surface area contributed by atoms with Crippen LogP contribution in [0.5, 0.6) is 0 Å². The molecule has 0 aromatic rings. The smallest absolute Gasteiger partial charge is 0.246 e. The molecular weight excluding hydrogens is 255 g/mol. The van der Waals surface area contributed by atoms with E-state index in [9.17, 15) is 19.7 Å². The fourth-order valence-corrected chi connectivity index (χ4v) is 2.13. The molecule has 0 rings (SSSR count). The van der Waals surface area contributed by atoms with Crippen molar-refractivity contribution in [1.29, 1.82) is 0 Å². The fourth-order valence-electron chi connectivity index (χ4n) is 1.29. The summed E-state index contributed by atoms with van der Waals surface area (Å²) in [5.41, 5.74) is 0. The molecule has 7 heteroatoms. The number of aliphatic hydroxyl groups excluding tert-OH is 1. The minimum Gasteiger partial charge on any atom is -0.386 e. The number of nitrogens with one attached hydrogen (secondary N) is 1. The van der Waals surface area contributed by atoms with Crippen LogP contribution in [-0.4, -0.2) is 52.7 Å². The van der Waals surface area contributed by atoms with Crippen LogP contribution in [-0.2, 0) is 9.36 Å². The van der Waals surface area contributed by atoms with Crippen molar-refractivity contribution in [3.05, 3.63) is 0 Å². The number of nitrogens with zero attached hydrogens (tertiary/aromatic N) is 1. The first kappa shape index (κ1) is 17.6. The molecule has 0 saturated carbocycles. The van der Waals surface area contributed by atoms with Crippen LogP contribution in [0.15, 0.2) is 0 Å². The van der Waals surface area contributed by atoms with Gasteiger partial charge in [-0.15, -0.1) is 0 Å². The molecule has 0 radical (unpaired) electrons. The maximum atomic E-state index is 11.8. The second-order valence-corrected chi connectivity index (χ2v) is 8.17. The van der Waals surface area contributed by atoms with Crippen molar-refractivity contribution < 1.29 is 19.7 Å². The van der Waals surface area contributed by atoms with E-state index in [0.29, 0.717) is 24.4 Å². The number of hydroxylamine groups is 2. The number of rotatable bonds is 8. The third-order valence-electron chi connectivity index (χ3n) is 2.79. The molecule has 18 heavy (non-hydrogen) atoms. The van der Waals surface area contributed by atoms with Crippen LogP contribution in [0, 0.1) is 0 Å². The van der Waals surface area contributed by atoms with E-state index in [4.69, 9.17) is 0 Å². The summed E-state index contributed by atoms with van der Waals surface area (Å²) in [6.45, 7) is 6.91. The molecule has 0 aliphatic heterocycles. The molecule has 108 valence electrons. The average molecular weight is 280 g/mol. The van der Waals surface area contributed by atoms with E-state index in [0.717, 1.165) is 0 Å². The molecule has 6 nitrogen and oxygen atoms in total. The summed E-state index contributed by atoms with van der Waals surface area (Å²) >= 11 is 0. The van der Waals surface area contributed by atoms with Gasteiger partial charge in [0.1, 0.15) is 13.0 Å². The summed E-state index contributed by atoms with van der Waals surface area (Å²) in [4.78, 5) is 11.4. The number of hydrogen-bond acceptors (Lipinski definition) is 5. The Hall–Kier alpha value is -0.420. The summed E-state index contributed by atoms with van der Waals surface area (Å²) in [5.74, 6) is -1.17. The van der Waals surface area contributed by atoms with Gasteiger partial charge in [0.2, 0.25) is 5.91 Å². The van der Waals surface area contributed by atoms with Crippen LogP contribution in [0.25, 0.3) is 0 Å². The summed E-state index contributed by atoms with van der Waals surface area (Å²) in [7, 11) is -2.63. The van der Waals surface area contributed by atoms with E-state index >= 15 is 0 Å². The lowest BCUT2D eigenvalue weighted by molar-refractivity contribution is -0.173. The molecule has 0 saturated heterocycles. The first-order valence-electron chi connectivity index (χ1n) is 6.18. The molecule has 0 aromatic heterocycles. The van der Waals surface area contributed by atoms with E-state index in [1.165, 1.54) is 13.6 Å². The highest BCUT2D eigenvalue weighted by Gasteiger charge is 2.22. The molecule has 0 aromatic carbocycles. The Morgan fingerprint density at radius 2 is 2.00 bits per heavy atom. The molecule has 0 heterocycles. The fraction of sp³-hybridized carbons (Fsp3) is 0.909. The lowest BCUT2D eigenvalue weighted by atomic mass is 10.2. The molecule has 0 aliphatic carbocycles. The molecule has 1 amide bonds. The van der Waals surface area contributed by atoms with Gasteiger partial charge in [0.25, 0.3) is 0 Å². The van der Waals surface area contributed by atoms with E-state index < -0.39 is 19.0 Å². The monoisotopic (exact) mass is 280 g/mol. The highest BCUT2D eigenvalue weighted by Crippen LogP contribution is 2.43. The Kier molecular flexibility index (Phi) is 7.71. The Balaban J connectivity index is 4.08. The number of aliphatic hydroxyl groups is 1. The predicted molar refractivity (Wildman–Crippen MR) is 71.1 cm³/mol. The van der Waals surface area contributed by atoms with Crippen LogP contribution in [0.4, 0.5) is 0 Å². The summed E-state index contributed by atoms with van der Waals surface area (Å²) in [6.07, 6.45) is 1.17. The SMILES string of the molecule is CCCC(=O)N(O)C(C)CNCP(C)(=O)C(C)O. The van der Waals surface area contributed by atoms with Gasteiger partial charge < -0.3 is 15.0 Å². The van der Waals surface area contributed by atoms with E-state index in [1.807, 2.05) is 6.92 Å². The first-order chi connectivity index (χ1) is 8.22. The molecular formula is C11H25N2O4P. The average Bonchev–Trinajstić information content (AvgIpc) is 2.27. The Bertz CT molecular complexity index is 309. The summed E-state index contributed by atoms with van der Waals surface area (Å²) in [5, 5.41) is 22.5. The van der Waals surface area contributed by atoms with Gasteiger partial charge in [-0.05, 0) is 26.9 Å². The highest BCUT2D eigenvalue weighted by molar-refractivity contribution is 7.63. The second kappa shape index (κ2) is 7.89. The summed E-state index contributed by atoms with van der Waals surface area (Å²) < 4.78 is 11.8. The van der Waals surface area contributed by atoms with E-state index in [2.05, 4.69) is 5.32 Å². The van der Waals surface area contributed by atoms with Crippen molar-refractivity contribution in [3.8, 4) is 0 Å². The maximum absolute atomic E-state index is 11.8. The lowest BCUT2D eigenvalue weighted by Crippen LogP contribution is -2.42. The van der Waals surface area contributed by atoms with Gasteiger partial charge in [0.05, 0.1) is 12.3 Å². The van der Waals surface area contributed by atoms with Gasteiger partial charge in [-0.1, -0.05) is 6.92 Å². The van der Waals surface area contributed by atoms with Crippen molar-refractivity contribution in [2.24, 2.45) is 0 Å². The maximum Gasteiger partial charge on any atom is 0.246 e. The quantitative estimate of drug-likeness (QED) is 0.354. The van der Waals surface area contributed by atoms with E-state index in [-0.39, 0.29) is 12.2 Å². The Morgan fingerprint density at radius 3 is 2.44 bits per heavy atom. The lowest BCUT2D eigenvalue weighted by Gasteiger charge is -2.24. The normalized spacial score (nSPS) is 17.9. The van der Waals surface area contributed by atoms with Gasteiger partial charge >= 0.3 is 0 Å². The van der Waals surface area contributed by atoms with Crippen LogP contribution in [0.2, 0.25) is 0 Å². The number of hydrogen-bond donors (Lipinski definition) is 3. The van der Waals surface area contributed by atoms with Crippen molar-refractivity contribution >= 4 is 13.0 Å². The third-order valence-corrected chi connectivity index (χ3v) is 5.23. The molecule has 3 atom stereocenters. The molecule has 0 bridgehead atoms. The zero-order valence-electron chi connectivity index (χ0n) is 11.6. The molecule has 0 aliphatic rings. The minimum absolute atomic E-state index is 0.185. The van der Waals surface area contributed by atoms with Crippen LogP contribution < -0.4 is 5.32 Å². The number of amides is 1. The van der Waals surface area contributed by atoms with Gasteiger partial charge in [0.15, 0.2) is 0 Å². The van der Waals surface area contributed by atoms with Crippen molar-refractivity contribution in [2.75, 3.05) is 19.5 Å². The molecule has 3 unspecified atom stereocenters. The zero-order chi connectivity index (χ0) is 14.3. The van der Waals surface area contributed by atoms with Crippen LogP contribution in [0.1, 0.15) is 33.6 Å². The zero-order valence-corrected chi connectivity index (χ0v) is 12.5. The number of carbonyl (C=O) groups excluding carboxylic acids is 1.